The van der Waals surface area contributed by atoms with E-state index < -0.39 is 0 Å². The lowest BCUT2D eigenvalue weighted by atomic mass is 9.82. The Hall–Kier alpha value is -6.44. The highest BCUT2D eigenvalue weighted by Crippen LogP contribution is 2.52. The summed E-state index contributed by atoms with van der Waals surface area (Å²) in [6, 6.07) is 69.6. The fourth-order valence-corrected chi connectivity index (χ4v) is 9.32. The van der Waals surface area contributed by atoms with E-state index in [0.29, 0.717) is 0 Å². The molecule has 1 nitrogen and oxygen atoms in total. The summed E-state index contributed by atoms with van der Waals surface area (Å²) in [5.74, 6) is 0. The minimum absolute atomic E-state index is 0.00645. The normalized spacial score (nSPS) is 14.1. The predicted molar refractivity (Wildman–Crippen MR) is 233 cm³/mol. The molecule has 0 N–H and O–H groups in total. The lowest BCUT2D eigenvalue weighted by Gasteiger charge is -2.29. The molecule has 264 valence electrons. The summed E-state index contributed by atoms with van der Waals surface area (Å²) in [5, 5.41) is 0. The maximum atomic E-state index is 2.45. The van der Waals surface area contributed by atoms with E-state index in [1.54, 1.807) is 0 Å². The van der Waals surface area contributed by atoms with Gasteiger partial charge in [-0.1, -0.05) is 167 Å². The quantitative estimate of drug-likeness (QED) is 0.166. The van der Waals surface area contributed by atoms with Gasteiger partial charge in [0.25, 0.3) is 0 Å². The van der Waals surface area contributed by atoms with Crippen molar-refractivity contribution in [1.29, 1.82) is 0 Å². The fraction of sp³-hybridized carbons (Fsp3) is 0.111. The molecule has 0 fully saturated rings. The first kappa shape index (κ1) is 33.2. The zero-order chi connectivity index (χ0) is 37.3. The van der Waals surface area contributed by atoms with Crippen molar-refractivity contribution in [2.45, 2.75) is 38.5 Å². The molecule has 0 spiro atoms. The molecular weight excluding hydrogens is 663 g/mol. The van der Waals surface area contributed by atoms with Gasteiger partial charge in [0.2, 0.25) is 0 Å². The highest BCUT2D eigenvalue weighted by molar-refractivity contribution is 5.89. The van der Waals surface area contributed by atoms with Crippen molar-refractivity contribution in [3.05, 3.63) is 210 Å². The molecule has 0 aliphatic heterocycles. The Morgan fingerprint density at radius 1 is 0.273 bits per heavy atom. The highest BCUT2D eigenvalue weighted by atomic mass is 15.1. The van der Waals surface area contributed by atoms with E-state index in [9.17, 15) is 0 Å². The van der Waals surface area contributed by atoms with Gasteiger partial charge in [-0.15, -0.1) is 0 Å². The molecule has 55 heavy (non-hydrogen) atoms. The average Bonchev–Trinajstić information content (AvgIpc) is 3.61. The standard InChI is InChI=1S/C54H43N/c1-53(2)50-22-14-12-20-46(50)48-34-39(25-30-51(48)53)38-23-26-42(27-24-38)55(43-28-29-47-45-19-11-13-21-49(45)54(3,4)52(47)35-43)44-32-40(36-15-7-5-8-16-36)31-41(33-44)37-17-9-6-10-18-37/h5-35H,1-4H3. The second-order valence-corrected chi connectivity index (χ2v) is 16.2. The van der Waals surface area contributed by atoms with Gasteiger partial charge in [0.1, 0.15) is 0 Å². The average molecular weight is 706 g/mol. The third kappa shape index (κ3) is 5.37. The minimum Gasteiger partial charge on any atom is -0.310 e. The van der Waals surface area contributed by atoms with Crippen molar-refractivity contribution in [3.63, 3.8) is 0 Å². The van der Waals surface area contributed by atoms with Crippen LogP contribution >= 0.6 is 0 Å². The van der Waals surface area contributed by atoms with Gasteiger partial charge in [-0.3, -0.25) is 0 Å². The fourth-order valence-electron chi connectivity index (χ4n) is 9.32. The van der Waals surface area contributed by atoms with Gasteiger partial charge in [-0.05, 0) is 126 Å². The molecule has 1 heteroatoms. The van der Waals surface area contributed by atoms with Gasteiger partial charge >= 0.3 is 0 Å². The summed E-state index contributed by atoms with van der Waals surface area (Å²) in [4.78, 5) is 2.45. The lowest BCUT2D eigenvalue weighted by molar-refractivity contribution is 0.660. The Balaban J connectivity index is 1.13. The van der Waals surface area contributed by atoms with Gasteiger partial charge in [0.15, 0.2) is 0 Å². The third-order valence-electron chi connectivity index (χ3n) is 12.3. The van der Waals surface area contributed by atoms with Gasteiger partial charge in [-0.2, -0.15) is 0 Å². The van der Waals surface area contributed by atoms with Crippen molar-refractivity contribution in [1.82, 2.24) is 0 Å². The van der Waals surface area contributed by atoms with Crippen LogP contribution in [0.5, 0.6) is 0 Å². The van der Waals surface area contributed by atoms with E-state index in [2.05, 4.69) is 221 Å². The van der Waals surface area contributed by atoms with Crippen LogP contribution in [0.25, 0.3) is 55.6 Å². The van der Waals surface area contributed by atoms with E-state index in [0.717, 1.165) is 17.1 Å². The molecule has 2 aliphatic rings. The molecule has 8 aromatic rings. The molecule has 0 amide bonds. The summed E-state index contributed by atoms with van der Waals surface area (Å²) in [7, 11) is 0. The zero-order valence-electron chi connectivity index (χ0n) is 31.8. The van der Waals surface area contributed by atoms with Crippen molar-refractivity contribution >= 4 is 17.1 Å². The molecule has 0 saturated heterocycles. The Labute approximate surface area is 325 Å². The summed E-state index contributed by atoms with van der Waals surface area (Å²) >= 11 is 0. The summed E-state index contributed by atoms with van der Waals surface area (Å²) in [6.45, 7) is 9.41. The topological polar surface area (TPSA) is 3.24 Å². The first-order chi connectivity index (χ1) is 26.8. The number of benzene rings is 8. The zero-order valence-corrected chi connectivity index (χ0v) is 31.8. The van der Waals surface area contributed by atoms with Gasteiger partial charge < -0.3 is 4.90 Å². The molecule has 0 bridgehead atoms. The summed E-state index contributed by atoms with van der Waals surface area (Å²) in [6.07, 6.45) is 0. The second kappa shape index (κ2) is 12.6. The molecule has 2 aliphatic carbocycles. The second-order valence-electron chi connectivity index (χ2n) is 16.2. The number of fused-ring (bicyclic) bond motifs is 6. The largest absolute Gasteiger partial charge is 0.310 e. The van der Waals surface area contributed by atoms with E-state index >= 15 is 0 Å². The van der Waals surface area contributed by atoms with Crippen LogP contribution in [0.15, 0.2) is 188 Å². The SMILES string of the molecule is CC1(C)c2ccccc2-c2cc(-c3ccc(N(c4cc(-c5ccccc5)cc(-c5ccccc5)c4)c4ccc5c(c4)C(C)(C)c4ccccc4-5)cc3)ccc21. The summed E-state index contributed by atoms with van der Waals surface area (Å²) in [5.41, 5.74) is 21.4. The Bertz CT molecular complexity index is 2680. The number of hydrogen-bond acceptors (Lipinski definition) is 1. The molecule has 10 rings (SSSR count). The maximum absolute atomic E-state index is 2.45. The van der Waals surface area contributed by atoms with E-state index in [4.69, 9.17) is 0 Å². The summed E-state index contributed by atoms with van der Waals surface area (Å²) < 4.78 is 0. The van der Waals surface area contributed by atoms with Crippen LogP contribution in [0.1, 0.15) is 49.9 Å². The number of hydrogen-bond donors (Lipinski definition) is 0. The highest BCUT2D eigenvalue weighted by Gasteiger charge is 2.36. The first-order valence-electron chi connectivity index (χ1n) is 19.4. The Morgan fingerprint density at radius 3 is 1.35 bits per heavy atom. The number of rotatable bonds is 6. The van der Waals surface area contributed by atoms with Crippen molar-refractivity contribution in [2.75, 3.05) is 4.90 Å². The molecular formula is C54H43N. The molecule has 0 atom stereocenters. The van der Waals surface area contributed by atoms with Gasteiger partial charge in [0, 0.05) is 27.9 Å². The van der Waals surface area contributed by atoms with Gasteiger partial charge in [0.05, 0.1) is 0 Å². The van der Waals surface area contributed by atoms with Gasteiger partial charge in [-0.25, -0.2) is 0 Å². The Morgan fingerprint density at radius 2 is 0.727 bits per heavy atom. The van der Waals surface area contributed by atoms with Crippen LogP contribution in [-0.2, 0) is 10.8 Å². The van der Waals surface area contributed by atoms with Crippen molar-refractivity contribution < 1.29 is 0 Å². The van der Waals surface area contributed by atoms with Crippen LogP contribution in [0, 0.1) is 0 Å². The third-order valence-corrected chi connectivity index (χ3v) is 12.3. The monoisotopic (exact) mass is 705 g/mol. The molecule has 0 aromatic heterocycles. The van der Waals surface area contributed by atoms with E-state index in [1.807, 2.05) is 0 Å². The molecule has 8 aromatic carbocycles. The van der Waals surface area contributed by atoms with Crippen molar-refractivity contribution in [2.24, 2.45) is 0 Å². The van der Waals surface area contributed by atoms with Crippen molar-refractivity contribution in [3.8, 4) is 55.6 Å². The lowest BCUT2D eigenvalue weighted by Crippen LogP contribution is -2.16. The molecule has 0 unspecified atom stereocenters. The molecule has 0 saturated carbocycles. The van der Waals surface area contributed by atoms with Crippen LogP contribution in [0.2, 0.25) is 0 Å². The maximum Gasteiger partial charge on any atom is 0.0473 e. The Kier molecular flexibility index (Phi) is 7.58. The van der Waals surface area contributed by atoms with Crippen LogP contribution < -0.4 is 4.90 Å². The van der Waals surface area contributed by atoms with Crippen LogP contribution in [0.4, 0.5) is 17.1 Å². The number of anilines is 3. The van der Waals surface area contributed by atoms with E-state index in [-0.39, 0.29) is 10.8 Å². The minimum atomic E-state index is -0.112. The van der Waals surface area contributed by atoms with Crippen LogP contribution in [-0.4, -0.2) is 0 Å². The van der Waals surface area contributed by atoms with Crippen LogP contribution in [0.3, 0.4) is 0 Å². The smallest absolute Gasteiger partial charge is 0.0473 e. The van der Waals surface area contributed by atoms with E-state index in [1.165, 1.54) is 77.9 Å². The number of nitrogens with zero attached hydrogens (tertiary/aromatic N) is 1. The molecule has 0 heterocycles. The molecule has 0 radical (unpaired) electrons. The first-order valence-corrected chi connectivity index (χ1v) is 19.4. The predicted octanol–water partition coefficient (Wildman–Crippen LogP) is 14.8.